The molecule has 6 heteroatoms. The van der Waals surface area contributed by atoms with Crippen molar-refractivity contribution in [3.8, 4) is 5.75 Å². The zero-order valence-corrected chi connectivity index (χ0v) is 16.4. The molecular weight excluding hydrogens is 383 g/mol. The van der Waals surface area contributed by atoms with Gasteiger partial charge < -0.3 is 15.4 Å². The molecule has 3 rings (SSSR count). The fraction of sp³-hybridized carbons (Fsp3) is 0.167. The van der Waals surface area contributed by atoms with E-state index in [2.05, 4.69) is 10.6 Å². The van der Waals surface area contributed by atoms with Crippen LogP contribution in [0.1, 0.15) is 21.5 Å². The Morgan fingerprint density at radius 2 is 1.50 bits per heavy atom. The number of hydrogen-bond donors (Lipinski definition) is 2. The quantitative estimate of drug-likeness (QED) is 0.535. The van der Waals surface area contributed by atoms with Crippen LogP contribution in [-0.4, -0.2) is 24.9 Å². The molecule has 30 heavy (non-hydrogen) atoms. The number of hydrogen-bond acceptors (Lipinski definition) is 3. The zero-order chi connectivity index (χ0) is 21.2. The van der Waals surface area contributed by atoms with Gasteiger partial charge in [0.2, 0.25) is 5.91 Å². The molecule has 0 aliphatic heterocycles. The molecule has 3 aromatic carbocycles. The Morgan fingerprint density at radius 3 is 2.23 bits per heavy atom. The van der Waals surface area contributed by atoms with Crippen LogP contribution in [0.25, 0.3) is 0 Å². The van der Waals surface area contributed by atoms with E-state index in [1.54, 1.807) is 36.4 Å². The number of rotatable bonds is 9. The van der Waals surface area contributed by atoms with Crippen LogP contribution in [0, 0.1) is 5.82 Å². The number of carbonyl (C=O) groups excluding carboxylic acids is 2. The first-order chi connectivity index (χ1) is 14.6. The van der Waals surface area contributed by atoms with Gasteiger partial charge in [-0.15, -0.1) is 0 Å². The van der Waals surface area contributed by atoms with E-state index in [0.29, 0.717) is 30.0 Å². The highest BCUT2D eigenvalue weighted by Gasteiger charge is 2.07. The van der Waals surface area contributed by atoms with Crippen molar-refractivity contribution in [2.24, 2.45) is 0 Å². The second kappa shape index (κ2) is 10.8. The SMILES string of the molecule is O=C(Cc1cccc(F)c1)NCCNC(=O)c1ccc(OCc2ccccc2)cc1. The molecule has 0 fully saturated rings. The highest BCUT2D eigenvalue weighted by Crippen LogP contribution is 2.14. The van der Waals surface area contributed by atoms with Crippen molar-refractivity contribution in [2.45, 2.75) is 13.0 Å². The predicted molar refractivity (Wildman–Crippen MR) is 113 cm³/mol. The number of carbonyl (C=O) groups is 2. The van der Waals surface area contributed by atoms with Gasteiger partial charge in [-0.3, -0.25) is 9.59 Å². The average Bonchev–Trinajstić information content (AvgIpc) is 2.76. The van der Waals surface area contributed by atoms with Crippen LogP contribution in [0.5, 0.6) is 5.75 Å². The van der Waals surface area contributed by atoms with Crippen LogP contribution < -0.4 is 15.4 Å². The van der Waals surface area contributed by atoms with Gasteiger partial charge in [0, 0.05) is 18.7 Å². The van der Waals surface area contributed by atoms with E-state index in [-0.39, 0.29) is 30.6 Å². The molecule has 0 radical (unpaired) electrons. The van der Waals surface area contributed by atoms with Gasteiger partial charge in [-0.2, -0.15) is 0 Å². The number of nitrogens with one attached hydrogen (secondary N) is 2. The fourth-order valence-electron chi connectivity index (χ4n) is 2.82. The maximum Gasteiger partial charge on any atom is 0.251 e. The number of halogens is 1. The maximum atomic E-state index is 13.1. The molecule has 0 spiro atoms. The van der Waals surface area contributed by atoms with Crippen molar-refractivity contribution in [3.05, 3.63) is 101 Å². The van der Waals surface area contributed by atoms with Crippen LogP contribution in [0.4, 0.5) is 4.39 Å². The molecule has 5 nitrogen and oxygen atoms in total. The molecule has 0 atom stereocenters. The largest absolute Gasteiger partial charge is 0.489 e. The first-order valence-corrected chi connectivity index (χ1v) is 9.66. The highest BCUT2D eigenvalue weighted by atomic mass is 19.1. The van der Waals surface area contributed by atoms with E-state index >= 15 is 0 Å². The first-order valence-electron chi connectivity index (χ1n) is 9.66. The van der Waals surface area contributed by atoms with Gasteiger partial charge in [-0.1, -0.05) is 42.5 Å². The summed E-state index contributed by atoms with van der Waals surface area (Å²) in [4.78, 5) is 24.1. The first kappa shape index (κ1) is 21.0. The molecule has 3 aromatic rings. The summed E-state index contributed by atoms with van der Waals surface area (Å²) < 4.78 is 18.8. The van der Waals surface area contributed by atoms with Gasteiger partial charge in [0.15, 0.2) is 0 Å². The van der Waals surface area contributed by atoms with Crippen molar-refractivity contribution < 1.29 is 18.7 Å². The monoisotopic (exact) mass is 406 g/mol. The van der Waals surface area contributed by atoms with Crippen LogP contribution in [-0.2, 0) is 17.8 Å². The van der Waals surface area contributed by atoms with E-state index in [9.17, 15) is 14.0 Å². The maximum absolute atomic E-state index is 13.1. The van der Waals surface area contributed by atoms with Crippen molar-refractivity contribution in [2.75, 3.05) is 13.1 Å². The van der Waals surface area contributed by atoms with Gasteiger partial charge in [0.1, 0.15) is 18.2 Å². The molecule has 0 saturated carbocycles. The smallest absolute Gasteiger partial charge is 0.251 e. The lowest BCUT2D eigenvalue weighted by atomic mass is 10.1. The van der Waals surface area contributed by atoms with Crippen molar-refractivity contribution in [3.63, 3.8) is 0 Å². The summed E-state index contributed by atoms with van der Waals surface area (Å²) in [6.45, 7) is 1.04. The molecular formula is C24H23FN2O3. The van der Waals surface area contributed by atoms with Gasteiger partial charge in [0.25, 0.3) is 5.91 Å². The molecule has 0 aliphatic rings. The minimum atomic E-state index is -0.371. The Balaban J connectivity index is 1.36. The predicted octanol–water partition coefficient (Wildman–Crippen LogP) is 3.49. The zero-order valence-electron chi connectivity index (χ0n) is 16.4. The third kappa shape index (κ3) is 6.74. The van der Waals surface area contributed by atoms with Crippen molar-refractivity contribution >= 4 is 11.8 Å². The second-order valence-electron chi connectivity index (χ2n) is 6.71. The molecule has 0 aromatic heterocycles. The van der Waals surface area contributed by atoms with E-state index < -0.39 is 0 Å². The molecule has 0 bridgehead atoms. The minimum absolute atomic E-state index is 0.0934. The van der Waals surface area contributed by atoms with Gasteiger partial charge in [-0.25, -0.2) is 4.39 Å². The molecule has 0 heterocycles. The van der Waals surface area contributed by atoms with E-state index in [0.717, 1.165) is 5.56 Å². The Labute approximate surface area is 174 Å². The molecule has 2 N–H and O–H groups in total. The van der Waals surface area contributed by atoms with Gasteiger partial charge in [-0.05, 0) is 47.5 Å². The van der Waals surface area contributed by atoms with Crippen LogP contribution in [0.2, 0.25) is 0 Å². The topological polar surface area (TPSA) is 67.4 Å². The van der Waals surface area contributed by atoms with E-state index in [1.165, 1.54) is 12.1 Å². The molecule has 0 unspecified atom stereocenters. The van der Waals surface area contributed by atoms with Crippen LogP contribution in [0.15, 0.2) is 78.9 Å². The summed E-state index contributed by atoms with van der Waals surface area (Å²) in [7, 11) is 0. The lowest BCUT2D eigenvalue weighted by Gasteiger charge is -2.09. The summed E-state index contributed by atoms with van der Waals surface area (Å²) in [5.74, 6) is -0.150. The molecule has 2 amide bonds. The summed E-state index contributed by atoms with van der Waals surface area (Å²) in [5.41, 5.74) is 2.18. The summed E-state index contributed by atoms with van der Waals surface area (Å²) >= 11 is 0. The minimum Gasteiger partial charge on any atom is -0.489 e. The average molecular weight is 406 g/mol. The molecule has 0 saturated heterocycles. The molecule has 0 aliphatic carbocycles. The summed E-state index contributed by atoms with van der Waals surface area (Å²) in [6.07, 6.45) is 0.0934. The Morgan fingerprint density at radius 1 is 0.800 bits per heavy atom. The summed E-state index contributed by atoms with van der Waals surface area (Å²) in [6, 6.07) is 22.6. The van der Waals surface area contributed by atoms with Gasteiger partial charge in [0.05, 0.1) is 6.42 Å². The Hall–Kier alpha value is -3.67. The number of benzene rings is 3. The van der Waals surface area contributed by atoms with Crippen molar-refractivity contribution in [1.29, 1.82) is 0 Å². The summed E-state index contributed by atoms with van der Waals surface area (Å²) in [5, 5.41) is 5.45. The second-order valence-corrected chi connectivity index (χ2v) is 6.71. The standard InChI is InChI=1S/C24H23FN2O3/c25-21-8-4-7-19(15-21)16-23(28)26-13-14-27-24(29)20-9-11-22(12-10-20)30-17-18-5-2-1-3-6-18/h1-12,15H,13-14,16-17H2,(H,26,28)(H,27,29). The highest BCUT2D eigenvalue weighted by molar-refractivity contribution is 5.94. The third-order valence-electron chi connectivity index (χ3n) is 4.35. The third-order valence-corrected chi connectivity index (χ3v) is 4.35. The fourth-order valence-corrected chi connectivity index (χ4v) is 2.82. The normalized spacial score (nSPS) is 10.3. The Kier molecular flexibility index (Phi) is 7.55. The van der Waals surface area contributed by atoms with Crippen molar-refractivity contribution in [1.82, 2.24) is 10.6 Å². The lowest BCUT2D eigenvalue weighted by Crippen LogP contribution is -2.35. The van der Waals surface area contributed by atoms with E-state index in [1.807, 2.05) is 30.3 Å². The van der Waals surface area contributed by atoms with Gasteiger partial charge >= 0.3 is 0 Å². The van der Waals surface area contributed by atoms with E-state index in [4.69, 9.17) is 4.74 Å². The number of amides is 2. The van der Waals surface area contributed by atoms with Crippen LogP contribution >= 0.6 is 0 Å². The van der Waals surface area contributed by atoms with Crippen LogP contribution in [0.3, 0.4) is 0 Å². The Bertz CT molecular complexity index is 975. The molecule has 154 valence electrons. The lowest BCUT2D eigenvalue weighted by molar-refractivity contribution is -0.120. The number of ether oxygens (including phenoxy) is 1.